The number of rotatable bonds is 4. The van der Waals surface area contributed by atoms with Crippen LogP contribution in [0.25, 0.3) is 11.0 Å². The van der Waals surface area contributed by atoms with Crippen molar-refractivity contribution >= 4 is 26.7 Å². The number of hydrogen-bond acceptors (Lipinski definition) is 7. The molecule has 0 saturated heterocycles. The van der Waals surface area contributed by atoms with E-state index in [0.717, 1.165) is 11.6 Å². The summed E-state index contributed by atoms with van der Waals surface area (Å²) in [4.78, 5) is 12.7. The van der Waals surface area contributed by atoms with Gasteiger partial charge in [0.15, 0.2) is 15.5 Å². The van der Waals surface area contributed by atoms with Crippen LogP contribution in [0, 0.1) is 0 Å². The van der Waals surface area contributed by atoms with Gasteiger partial charge in [-0.05, 0) is 12.1 Å². The van der Waals surface area contributed by atoms with E-state index < -0.39 is 9.84 Å². The summed E-state index contributed by atoms with van der Waals surface area (Å²) in [5.41, 5.74) is 1.14. The Morgan fingerprint density at radius 3 is 2.86 bits per heavy atom. The molecule has 0 saturated carbocycles. The van der Waals surface area contributed by atoms with Crippen LogP contribution in [0.1, 0.15) is 5.69 Å². The van der Waals surface area contributed by atoms with Crippen LogP contribution in [0.5, 0.6) is 0 Å². The monoisotopic (exact) mass is 318 g/mol. The van der Waals surface area contributed by atoms with Crippen molar-refractivity contribution in [3.05, 3.63) is 36.5 Å². The van der Waals surface area contributed by atoms with Gasteiger partial charge < -0.3 is 5.32 Å². The largest absolute Gasteiger partial charge is 0.364 e. The van der Waals surface area contributed by atoms with Crippen LogP contribution in [0.15, 0.2) is 35.7 Å². The lowest BCUT2D eigenvalue weighted by molar-refractivity contribution is 0.600. The van der Waals surface area contributed by atoms with E-state index >= 15 is 0 Å². The van der Waals surface area contributed by atoms with Gasteiger partial charge in [-0.2, -0.15) is 5.10 Å². The lowest BCUT2D eigenvalue weighted by atomic mass is 10.3. The number of aromatic nitrogens is 5. The molecule has 0 bridgehead atoms. The summed E-state index contributed by atoms with van der Waals surface area (Å²) in [6.07, 6.45) is 5.82. The second kappa shape index (κ2) is 5.34. The molecule has 0 aromatic carbocycles. The van der Waals surface area contributed by atoms with Crippen molar-refractivity contribution in [3.63, 3.8) is 0 Å². The standard InChI is InChI=1S/C13H14N6O2S/c1-19-13-9(6-18-19)12(16-8-17-13)15-7-10-11(22(2,20)21)4-3-5-14-10/h3-6,8H,7H2,1-2H3,(H,15,16,17). The molecule has 22 heavy (non-hydrogen) atoms. The molecule has 0 fully saturated rings. The van der Waals surface area contributed by atoms with Gasteiger partial charge >= 0.3 is 0 Å². The van der Waals surface area contributed by atoms with Crippen molar-refractivity contribution in [3.8, 4) is 0 Å². The molecule has 0 atom stereocenters. The average molecular weight is 318 g/mol. The SMILES string of the molecule is Cn1ncc2c(NCc3ncccc3S(C)(=O)=O)ncnc21. The Hall–Kier alpha value is -2.55. The van der Waals surface area contributed by atoms with Crippen molar-refractivity contribution in [1.29, 1.82) is 0 Å². The van der Waals surface area contributed by atoms with Crippen molar-refractivity contribution in [2.75, 3.05) is 11.6 Å². The van der Waals surface area contributed by atoms with Gasteiger partial charge in [-0.3, -0.25) is 9.67 Å². The lowest BCUT2D eigenvalue weighted by Gasteiger charge is -2.09. The maximum atomic E-state index is 11.8. The van der Waals surface area contributed by atoms with Crippen molar-refractivity contribution in [2.45, 2.75) is 11.4 Å². The third-order valence-electron chi connectivity index (χ3n) is 3.20. The Labute approximate surface area is 127 Å². The summed E-state index contributed by atoms with van der Waals surface area (Å²) in [6, 6.07) is 3.14. The number of anilines is 1. The normalized spacial score (nSPS) is 11.7. The van der Waals surface area contributed by atoms with E-state index in [1.165, 1.54) is 6.33 Å². The highest BCUT2D eigenvalue weighted by Crippen LogP contribution is 2.19. The fraction of sp³-hybridized carbons (Fsp3) is 0.231. The average Bonchev–Trinajstić information content (AvgIpc) is 2.87. The topological polar surface area (TPSA) is 103 Å². The van der Waals surface area contributed by atoms with Crippen molar-refractivity contribution in [1.82, 2.24) is 24.7 Å². The predicted octanol–water partition coefficient (Wildman–Crippen LogP) is 0.774. The van der Waals surface area contributed by atoms with Gasteiger partial charge in [0, 0.05) is 19.5 Å². The summed E-state index contributed by atoms with van der Waals surface area (Å²) in [6.45, 7) is 0.240. The first-order valence-electron chi connectivity index (χ1n) is 6.47. The van der Waals surface area contributed by atoms with Crippen LogP contribution in [-0.2, 0) is 23.4 Å². The van der Waals surface area contributed by atoms with Crippen LogP contribution < -0.4 is 5.32 Å². The van der Waals surface area contributed by atoms with Gasteiger partial charge in [-0.15, -0.1) is 0 Å². The van der Waals surface area contributed by atoms with Gasteiger partial charge in [0.05, 0.1) is 28.7 Å². The second-order valence-corrected chi connectivity index (χ2v) is 6.79. The fourth-order valence-corrected chi connectivity index (χ4v) is 3.04. The fourth-order valence-electron chi connectivity index (χ4n) is 2.16. The molecule has 0 amide bonds. The first-order valence-corrected chi connectivity index (χ1v) is 8.36. The number of fused-ring (bicyclic) bond motifs is 1. The molecule has 3 rings (SSSR count). The number of sulfone groups is 1. The predicted molar refractivity (Wildman–Crippen MR) is 81.0 cm³/mol. The number of nitrogens with zero attached hydrogens (tertiary/aromatic N) is 5. The highest BCUT2D eigenvalue weighted by Gasteiger charge is 2.14. The summed E-state index contributed by atoms with van der Waals surface area (Å²) in [5, 5.41) is 7.99. The van der Waals surface area contributed by atoms with Gasteiger partial charge in [-0.25, -0.2) is 18.4 Å². The zero-order chi connectivity index (χ0) is 15.7. The Morgan fingerprint density at radius 1 is 1.27 bits per heavy atom. The molecule has 0 aliphatic rings. The van der Waals surface area contributed by atoms with Gasteiger partial charge in [0.25, 0.3) is 0 Å². The molecule has 1 N–H and O–H groups in total. The number of nitrogens with one attached hydrogen (secondary N) is 1. The Bertz CT molecular complexity index is 935. The Kier molecular flexibility index (Phi) is 3.49. The smallest absolute Gasteiger partial charge is 0.177 e. The third-order valence-corrected chi connectivity index (χ3v) is 4.37. The molecule has 9 heteroatoms. The van der Waals surface area contributed by atoms with Gasteiger partial charge in [0.1, 0.15) is 12.1 Å². The molecular weight excluding hydrogens is 304 g/mol. The maximum Gasteiger partial charge on any atom is 0.177 e. The van der Waals surface area contributed by atoms with E-state index in [0.29, 0.717) is 17.2 Å². The van der Waals surface area contributed by atoms with Crippen LogP contribution in [-0.4, -0.2) is 39.4 Å². The van der Waals surface area contributed by atoms with Crippen molar-refractivity contribution < 1.29 is 8.42 Å². The van der Waals surface area contributed by atoms with E-state index in [4.69, 9.17) is 0 Å². The molecule has 0 unspecified atom stereocenters. The van der Waals surface area contributed by atoms with E-state index in [2.05, 4.69) is 25.4 Å². The highest BCUT2D eigenvalue weighted by molar-refractivity contribution is 7.90. The summed E-state index contributed by atoms with van der Waals surface area (Å²) in [5.74, 6) is 0.586. The van der Waals surface area contributed by atoms with Crippen LogP contribution in [0.2, 0.25) is 0 Å². The molecule has 0 aliphatic heterocycles. The quantitative estimate of drug-likeness (QED) is 0.758. The molecular formula is C13H14N6O2S. The molecule has 3 heterocycles. The molecule has 3 aromatic rings. The first kappa shape index (κ1) is 14.4. The number of pyridine rings is 1. The summed E-state index contributed by atoms with van der Waals surface area (Å²) < 4.78 is 25.2. The molecule has 0 radical (unpaired) electrons. The van der Waals surface area contributed by atoms with Crippen LogP contribution in [0.3, 0.4) is 0 Å². The zero-order valence-electron chi connectivity index (χ0n) is 12.1. The third kappa shape index (κ3) is 2.62. The minimum atomic E-state index is -3.33. The zero-order valence-corrected chi connectivity index (χ0v) is 12.9. The van der Waals surface area contributed by atoms with E-state index in [1.54, 1.807) is 36.3 Å². The Morgan fingerprint density at radius 2 is 2.09 bits per heavy atom. The summed E-state index contributed by atoms with van der Waals surface area (Å²) >= 11 is 0. The molecule has 3 aromatic heterocycles. The van der Waals surface area contributed by atoms with Crippen LogP contribution >= 0.6 is 0 Å². The van der Waals surface area contributed by atoms with Gasteiger partial charge in [-0.1, -0.05) is 0 Å². The number of hydrogen-bond donors (Lipinski definition) is 1. The number of aryl methyl sites for hydroxylation is 1. The van der Waals surface area contributed by atoms with Gasteiger partial charge in [0.2, 0.25) is 0 Å². The molecule has 0 spiro atoms. The van der Waals surface area contributed by atoms with Crippen LogP contribution in [0.4, 0.5) is 5.82 Å². The highest BCUT2D eigenvalue weighted by atomic mass is 32.2. The molecule has 0 aliphatic carbocycles. The van der Waals surface area contributed by atoms with Crippen molar-refractivity contribution in [2.24, 2.45) is 7.05 Å². The minimum absolute atomic E-state index is 0.207. The maximum absolute atomic E-state index is 11.8. The minimum Gasteiger partial charge on any atom is -0.364 e. The Balaban J connectivity index is 1.93. The lowest BCUT2D eigenvalue weighted by Crippen LogP contribution is -2.10. The summed E-state index contributed by atoms with van der Waals surface area (Å²) in [7, 11) is -1.54. The molecule has 8 nitrogen and oxygen atoms in total. The van der Waals surface area contributed by atoms with E-state index in [1.807, 2.05) is 0 Å². The molecule has 114 valence electrons. The van der Waals surface area contributed by atoms with E-state index in [9.17, 15) is 8.42 Å². The first-order chi connectivity index (χ1) is 10.5. The second-order valence-electron chi connectivity index (χ2n) is 4.80. The van der Waals surface area contributed by atoms with E-state index in [-0.39, 0.29) is 11.4 Å².